The molecule has 1 heterocycles. The number of amides is 2. The van der Waals surface area contributed by atoms with E-state index in [9.17, 15) is 14.7 Å². The maximum atomic E-state index is 12.4. The third-order valence-corrected chi connectivity index (χ3v) is 4.50. The van der Waals surface area contributed by atoms with E-state index in [1.807, 2.05) is 24.3 Å². The van der Waals surface area contributed by atoms with Gasteiger partial charge in [0.15, 0.2) is 0 Å². The second-order valence-corrected chi connectivity index (χ2v) is 6.18. The molecule has 1 aromatic rings. The Morgan fingerprint density at radius 3 is 2.52 bits per heavy atom. The van der Waals surface area contributed by atoms with Crippen molar-refractivity contribution in [1.29, 1.82) is 0 Å². The van der Waals surface area contributed by atoms with E-state index in [0.29, 0.717) is 18.9 Å². The molecule has 3 rings (SSSR count). The number of nitrogens with zero attached hydrogens (tertiary/aromatic N) is 1. The van der Waals surface area contributed by atoms with E-state index in [1.54, 1.807) is 0 Å². The third-order valence-electron chi connectivity index (χ3n) is 4.50. The Bertz CT molecular complexity index is 566. The van der Waals surface area contributed by atoms with Gasteiger partial charge in [-0.2, -0.15) is 0 Å². The van der Waals surface area contributed by atoms with Gasteiger partial charge in [0.1, 0.15) is 6.04 Å². The molecule has 0 saturated heterocycles. The number of fused-ring (bicyclic) bond motifs is 1. The zero-order valence-electron chi connectivity index (χ0n) is 12.1. The lowest BCUT2D eigenvalue weighted by atomic mass is 9.82. The number of carbonyl (C=O) groups is 2. The van der Waals surface area contributed by atoms with Gasteiger partial charge >= 0.3 is 12.0 Å². The van der Waals surface area contributed by atoms with Crippen LogP contribution in [-0.4, -0.2) is 34.1 Å². The van der Waals surface area contributed by atoms with Crippen molar-refractivity contribution in [2.75, 3.05) is 0 Å². The summed E-state index contributed by atoms with van der Waals surface area (Å²) in [7, 11) is 0. The number of carboxylic acid groups (broad SMARTS) is 1. The van der Waals surface area contributed by atoms with Gasteiger partial charge in [-0.1, -0.05) is 31.2 Å². The fourth-order valence-corrected chi connectivity index (χ4v) is 3.23. The molecule has 21 heavy (non-hydrogen) atoms. The number of rotatable bonds is 2. The monoisotopic (exact) mass is 288 g/mol. The first-order chi connectivity index (χ1) is 10.0. The van der Waals surface area contributed by atoms with Crippen LogP contribution in [0.4, 0.5) is 4.79 Å². The zero-order valence-corrected chi connectivity index (χ0v) is 12.1. The summed E-state index contributed by atoms with van der Waals surface area (Å²) in [6.07, 6.45) is 2.34. The van der Waals surface area contributed by atoms with E-state index < -0.39 is 12.0 Å². The Morgan fingerprint density at radius 2 is 1.90 bits per heavy atom. The van der Waals surface area contributed by atoms with Gasteiger partial charge in [-0.25, -0.2) is 9.59 Å². The molecular weight excluding hydrogens is 268 g/mol. The van der Waals surface area contributed by atoms with Crippen molar-refractivity contribution >= 4 is 12.0 Å². The highest BCUT2D eigenvalue weighted by atomic mass is 16.4. The summed E-state index contributed by atoms with van der Waals surface area (Å²) in [5.74, 6) is -0.297. The van der Waals surface area contributed by atoms with Gasteiger partial charge in [-0.05, 0) is 29.9 Å². The quantitative estimate of drug-likeness (QED) is 0.874. The summed E-state index contributed by atoms with van der Waals surface area (Å²) in [6, 6.07) is 6.88. The van der Waals surface area contributed by atoms with Crippen LogP contribution in [0.3, 0.4) is 0 Å². The van der Waals surface area contributed by atoms with Crippen molar-refractivity contribution in [3.63, 3.8) is 0 Å². The van der Waals surface area contributed by atoms with Crippen molar-refractivity contribution in [1.82, 2.24) is 10.2 Å². The molecule has 1 aliphatic heterocycles. The molecule has 1 aromatic carbocycles. The van der Waals surface area contributed by atoms with Crippen molar-refractivity contribution in [2.24, 2.45) is 5.92 Å². The zero-order chi connectivity index (χ0) is 15.0. The molecule has 0 unspecified atom stereocenters. The van der Waals surface area contributed by atoms with E-state index in [-0.39, 0.29) is 12.1 Å². The minimum Gasteiger partial charge on any atom is -0.480 e. The summed E-state index contributed by atoms with van der Waals surface area (Å²) < 4.78 is 0. The van der Waals surface area contributed by atoms with Gasteiger partial charge in [-0.3, -0.25) is 0 Å². The van der Waals surface area contributed by atoms with Gasteiger partial charge in [0, 0.05) is 19.0 Å². The van der Waals surface area contributed by atoms with Gasteiger partial charge in [0.05, 0.1) is 0 Å². The average molecular weight is 288 g/mol. The fraction of sp³-hybridized carbons (Fsp3) is 0.500. The molecular formula is C16H20N2O3. The molecule has 0 bridgehead atoms. The van der Waals surface area contributed by atoms with Crippen LogP contribution in [0.2, 0.25) is 0 Å². The van der Waals surface area contributed by atoms with Crippen LogP contribution in [0.5, 0.6) is 0 Å². The third kappa shape index (κ3) is 2.73. The summed E-state index contributed by atoms with van der Waals surface area (Å²) in [5, 5.41) is 12.4. The van der Waals surface area contributed by atoms with E-state index >= 15 is 0 Å². The average Bonchev–Trinajstić information content (AvgIpc) is 2.44. The molecule has 112 valence electrons. The fourth-order valence-electron chi connectivity index (χ4n) is 3.23. The molecule has 0 aromatic heterocycles. The largest absolute Gasteiger partial charge is 0.480 e. The maximum Gasteiger partial charge on any atom is 0.326 e. The number of nitrogens with one attached hydrogen (secondary N) is 1. The second kappa shape index (κ2) is 5.39. The Hall–Kier alpha value is -2.04. The van der Waals surface area contributed by atoms with Crippen LogP contribution in [0.15, 0.2) is 24.3 Å². The maximum absolute atomic E-state index is 12.4. The number of urea groups is 1. The molecule has 1 aliphatic carbocycles. The van der Waals surface area contributed by atoms with E-state index in [2.05, 4.69) is 12.2 Å². The standard InChI is InChI=1S/C16H20N2O3/c1-10-6-13(7-10)17-16(21)18-9-12-5-3-2-4-11(12)8-14(18)15(19)20/h2-5,10,13-14H,6-9H2,1H3,(H,17,21)(H,19,20)/t10?,13?,14-/m0/s1. The van der Waals surface area contributed by atoms with Crippen LogP contribution >= 0.6 is 0 Å². The number of hydrogen-bond donors (Lipinski definition) is 2. The molecule has 0 spiro atoms. The summed E-state index contributed by atoms with van der Waals surface area (Å²) >= 11 is 0. The Labute approximate surface area is 123 Å². The lowest BCUT2D eigenvalue weighted by Gasteiger charge is -2.38. The minimum atomic E-state index is -0.943. The van der Waals surface area contributed by atoms with Crippen molar-refractivity contribution in [3.05, 3.63) is 35.4 Å². The molecule has 1 atom stereocenters. The minimum absolute atomic E-state index is 0.194. The number of aliphatic carboxylic acids is 1. The van der Waals surface area contributed by atoms with Gasteiger partial charge < -0.3 is 15.3 Å². The number of benzene rings is 1. The summed E-state index contributed by atoms with van der Waals surface area (Å²) in [4.78, 5) is 25.3. The highest BCUT2D eigenvalue weighted by Crippen LogP contribution is 2.28. The van der Waals surface area contributed by atoms with E-state index in [1.165, 1.54) is 4.90 Å². The number of hydrogen-bond acceptors (Lipinski definition) is 2. The molecule has 5 heteroatoms. The number of carbonyl (C=O) groups excluding carboxylic acids is 1. The molecule has 1 fully saturated rings. The predicted molar refractivity (Wildman–Crippen MR) is 77.8 cm³/mol. The van der Waals surface area contributed by atoms with Gasteiger partial charge in [-0.15, -0.1) is 0 Å². The topological polar surface area (TPSA) is 69.6 Å². The van der Waals surface area contributed by atoms with Crippen molar-refractivity contribution < 1.29 is 14.7 Å². The molecule has 2 amide bonds. The summed E-state index contributed by atoms with van der Waals surface area (Å²) in [6.45, 7) is 2.51. The van der Waals surface area contributed by atoms with Gasteiger partial charge in [0.2, 0.25) is 0 Å². The SMILES string of the molecule is CC1CC(NC(=O)N2Cc3ccccc3C[C@H]2C(=O)O)C1. The van der Waals surface area contributed by atoms with Crippen LogP contribution < -0.4 is 5.32 Å². The highest BCUT2D eigenvalue weighted by molar-refractivity contribution is 5.83. The van der Waals surface area contributed by atoms with Crippen LogP contribution in [0.25, 0.3) is 0 Å². The number of carboxylic acids is 1. The first-order valence-electron chi connectivity index (χ1n) is 7.41. The second-order valence-electron chi connectivity index (χ2n) is 6.18. The first-order valence-corrected chi connectivity index (χ1v) is 7.41. The lowest BCUT2D eigenvalue weighted by molar-refractivity contribution is -0.142. The lowest BCUT2D eigenvalue weighted by Crippen LogP contribution is -2.55. The first kappa shape index (κ1) is 13.9. The van der Waals surface area contributed by atoms with Gasteiger partial charge in [0.25, 0.3) is 0 Å². The molecule has 0 radical (unpaired) electrons. The van der Waals surface area contributed by atoms with Crippen molar-refractivity contribution in [3.8, 4) is 0 Å². The molecule has 5 nitrogen and oxygen atoms in total. The molecule has 1 saturated carbocycles. The normalized spacial score (nSPS) is 27.5. The van der Waals surface area contributed by atoms with Crippen LogP contribution in [0, 0.1) is 5.92 Å². The van der Waals surface area contributed by atoms with E-state index in [4.69, 9.17) is 0 Å². The Kier molecular flexibility index (Phi) is 3.57. The van der Waals surface area contributed by atoms with E-state index in [0.717, 1.165) is 24.0 Å². The molecule has 2 N–H and O–H groups in total. The van der Waals surface area contributed by atoms with Crippen LogP contribution in [-0.2, 0) is 17.8 Å². The highest BCUT2D eigenvalue weighted by Gasteiger charge is 2.36. The predicted octanol–water partition coefficient (Wildman–Crippen LogP) is 2.01. The smallest absolute Gasteiger partial charge is 0.326 e. The summed E-state index contributed by atoms with van der Waals surface area (Å²) in [5.41, 5.74) is 2.05. The van der Waals surface area contributed by atoms with Crippen molar-refractivity contribution in [2.45, 2.75) is 44.8 Å². The van der Waals surface area contributed by atoms with Crippen LogP contribution in [0.1, 0.15) is 30.9 Å². The Morgan fingerprint density at radius 1 is 1.24 bits per heavy atom. The Balaban J connectivity index is 1.75. The molecule has 2 aliphatic rings.